The van der Waals surface area contributed by atoms with Crippen molar-refractivity contribution >= 4 is 44.4 Å². The predicted molar refractivity (Wildman–Crippen MR) is 94.4 cm³/mol. The number of amides is 3. The second-order valence-corrected chi connectivity index (χ2v) is 6.05. The van der Waals surface area contributed by atoms with Crippen molar-refractivity contribution in [3.05, 3.63) is 48.3 Å². The molecule has 3 N–H and O–H groups in total. The number of benzene rings is 1. The van der Waals surface area contributed by atoms with Crippen LogP contribution in [0, 0.1) is 0 Å². The highest BCUT2D eigenvalue weighted by Gasteiger charge is 2.26. The zero-order valence-corrected chi connectivity index (χ0v) is 14.3. The minimum absolute atomic E-state index is 0.135. The molecule has 2 heterocycles. The summed E-state index contributed by atoms with van der Waals surface area (Å²) < 4.78 is 5.89. The Balaban J connectivity index is 1.72. The molecule has 0 fully saturated rings. The number of rotatable bonds is 3. The minimum atomic E-state index is -1.20. The smallest absolute Gasteiger partial charge is 0.333 e. The quantitative estimate of drug-likeness (QED) is 0.306. The number of hydrogen-bond acceptors (Lipinski definition) is 8. The topological polar surface area (TPSA) is 128 Å². The Hall–Kier alpha value is -3.37. The normalized spacial score (nSPS) is 10.4. The second-order valence-electron chi connectivity index (χ2n) is 5.02. The largest absolute Gasteiger partial charge is 0.497 e. The lowest BCUT2D eigenvalue weighted by Crippen LogP contribution is -2.48. The first-order valence-electron chi connectivity index (χ1n) is 7.28. The number of fused-ring (bicyclic) bond motifs is 1. The summed E-state index contributed by atoms with van der Waals surface area (Å²) in [4.78, 5) is 44.2. The molecule has 3 aromatic rings. The van der Waals surface area contributed by atoms with Crippen LogP contribution in [-0.2, 0) is 9.59 Å². The van der Waals surface area contributed by atoms with Crippen LogP contribution in [0.5, 0.6) is 5.75 Å². The zero-order valence-electron chi connectivity index (χ0n) is 13.5. The van der Waals surface area contributed by atoms with E-state index in [2.05, 4.69) is 15.3 Å². The number of pyridine rings is 1. The van der Waals surface area contributed by atoms with Crippen LogP contribution in [0.3, 0.4) is 0 Å². The molecule has 26 heavy (non-hydrogen) atoms. The molecule has 0 radical (unpaired) electrons. The summed E-state index contributed by atoms with van der Waals surface area (Å²) in [5, 5.41) is 2.80. The Morgan fingerprint density at radius 1 is 1.19 bits per heavy atom. The fourth-order valence-corrected chi connectivity index (χ4v) is 2.96. The van der Waals surface area contributed by atoms with E-state index in [0.717, 1.165) is 16.0 Å². The van der Waals surface area contributed by atoms with Gasteiger partial charge in [-0.25, -0.2) is 15.8 Å². The van der Waals surface area contributed by atoms with E-state index < -0.39 is 17.7 Å². The first-order chi connectivity index (χ1) is 12.5. The van der Waals surface area contributed by atoms with Crippen LogP contribution in [0.4, 0.5) is 5.13 Å². The van der Waals surface area contributed by atoms with Crippen molar-refractivity contribution in [2.45, 2.75) is 0 Å². The van der Waals surface area contributed by atoms with Crippen LogP contribution in [0.1, 0.15) is 10.4 Å². The highest BCUT2D eigenvalue weighted by Crippen LogP contribution is 2.29. The maximum atomic E-state index is 12.1. The standard InChI is InChI=1S/C16H13N5O4S/c1-25-10-2-3-11-12(8-10)26-16(19-11)20-13(22)15(24)21(17)14(23)9-4-6-18-7-5-9/h2-8H,17H2,1H3,(H,19,20,22). The highest BCUT2D eigenvalue weighted by molar-refractivity contribution is 7.22. The molecule has 2 aromatic heterocycles. The summed E-state index contributed by atoms with van der Waals surface area (Å²) in [6, 6.07) is 7.98. The van der Waals surface area contributed by atoms with Crippen LogP contribution in [0.25, 0.3) is 10.2 Å². The third-order valence-electron chi connectivity index (χ3n) is 3.38. The molecule has 10 heteroatoms. The van der Waals surface area contributed by atoms with E-state index in [1.807, 2.05) is 0 Å². The SMILES string of the molecule is COc1ccc2nc(NC(=O)C(=O)N(N)C(=O)c3ccncc3)sc2c1. The highest BCUT2D eigenvalue weighted by atomic mass is 32.1. The molecule has 0 atom stereocenters. The summed E-state index contributed by atoms with van der Waals surface area (Å²) in [5.74, 6) is 3.03. The molecule has 0 saturated carbocycles. The molecule has 3 rings (SSSR count). The van der Waals surface area contributed by atoms with Crippen LogP contribution in [0.2, 0.25) is 0 Å². The van der Waals surface area contributed by atoms with Crippen molar-refractivity contribution in [1.29, 1.82) is 0 Å². The van der Waals surface area contributed by atoms with E-state index in [1.165, 1.54) is 24.5 Å². The van der Waals surface area contributed by atoms with Gasteiger partial charge in [-0.2, -0.15) is 0 Å². The van der Waals surface area contributed by atoms with E-state index in [1.54, 1.807) is 25.3 Å². The molecule has 3 amide bonds. The fraction of sp³-hybridized carbons (Fsp3) is 0.0625. The molecule has 0 aliphatic rings. The number of imide groups is 1. The van der Waals surface area contributed by atoms with Crippen molar-refractivity contribution in [2.24, 2.45) is 5.84 Å². The molecule has 0 spiro atoms. The molecule has 132 valence electrons. The summed E-state index contributed by atoms with van der Waals surface area (Å²) in [5.41, 5.74) is 0.770. The van der Waals surface area contributed by atoms with E-state index in [-0.39, 0.29) is 15.7 Å². The molecule has 0 bridgehead atoms. The number of carbonyl (C=O) groups excluding carboxylic acids is 3. The van der Waals surface area contributed by atoms with Gasteiger partial charge in [0.25, 0.3) is 5.91 Å². The number of ether oxygens (including phenoxy) is 1. The Kier molecular flexibility index (Phi) is 4.87. The van der Waals surface area contributed by atoms with Gasteiger partial charge in [-0.3, -0.25) is 24.7 Å². The van der Waals surface area contributed by atoms with Gasteiger partial charge in [0.2, 0.25) is 0 Å². The number of anilines is 1. The number of nitrogens with zero attached hydrogens (tertiary/aromatic N) is 3. The van der Waals surface area contributed by atoms with Crippen LogP contribution in [-0.4, -0.2) is 39.8 Å². The van der Waals surface area contributed by atoms with Gasteiger partial charge in [-0.15, -0.1) is 0 Å². The maximum absolute atomic E-state index is 12.1. The average molecular weight is 371 g/mol. The molecule has 0 aliphatic carbocycles. The van der Waals surface area contributed by atoms with Crippen LogP contribution in [0.15, 0.2) is 42.7 Å². The molecular formula is C16H13N5O4S. The molecule has 1 aromatic carbocycles. The zero-order chi connectivity index (χ0) is 18.7. The lowest BCUT2D eigenvalue weighted by atomic mass is 10.2. The Bertz CT molecular complexity index is 989. The average Bonchev–Trinajstić information content (AvgIpc) is 3.07. The first-order valence-corrected chi connectivity index (χ1v) is 8.10. The monoisotopic (exact) mass is 371 g/mol. The number of aromatic nitrogens is 2. The van der Waals surface area contributed by atoms with Gasteiger partial charge < -0.3 is 4.74 Å². The van der Waals surface area contributed by atoms with Crippen LogP contribution < -0.4 is 15.9 Å². The number of thiazole rings is 1. The first kappa shape index (κ1) is 17.5. The van der Waals surface area contributed by atoms with Gasteiger partial charge in [-0.05, 0) is 30.3 Å². The number of nitrogens with one attached hydrogen (secondary N) is 1. The fourth-order valence-electron chi connectivity index (χ4n) is 2.07. The molecule has 0 aliphatic heterocycles. The summed E-state index contributed by atoms with van der Waals surface area (Å²) >= 11 is 1.16. The summed E-state index contributed by atoms with van der Waals surface area (Å²) in [6.07, 6.45) is 2.75. The number of hydrazine groups is 1. The molecule has 0 unspecified atom stereocenters. The minimum Gasteiger partial charge on any atom is -0.497 e. The van der Waals surface area contributed by atoms with Gasteiger partial charge in [0.05, 0.1) is 17.3 Å². The van der Waals surface area contributed by atoms with E-state index in [0.29, 0.717) is 11.3 Å². The maximum Gasteiger partial charge on any atom is 0.333 e. The number of nitrogens with two attached hydrogens (primary N) is 1. The van der Waals surface area contributed by atoms with E-state index in [4.69, 9.17) is 10.6 Å². The van der Waals surface area contributed by atoms with E-state index >= 15 is 0 Å². The van der Waals surface area contributed by atoms with Crippen molar-refractivity contribution in [2.75, 3.05) is 12.4 Å². The van der Waals surface area contributed by atoms with Crippen molar-refractivity contribution < 1.29 is 19.1 Å². The molecule has 0 saturated heterocycles. The summed E-state index contributed by atoms with van der Waals surface area (Å²) in [7, 11) is 1.54. The van der Waals surface area contributed by atoms with Crippen molar-refractivity contribution in [3.63, 3.8) is 0 Å². The Labute approximate surface area is 151 Å². The number of methoxy groups -OCH3 is 1. The second kappa shape index (κ2) is 7.25. The van der Waals surface area contributed by atoms with Crippen molar-refractivity contribution in [1.82, 2.24) is 15.0 Å². The molecule has 9 nitrogen and oxygen atoms in total. The van der Waals surface area contributed by atoms with Gasteiger partial charge >= 0.3 is 11.8 Å². The van der Waals surface area contributed by atoms with Crippen LogP contribution >= 0.6 is 11.3 Å². The van der Waals surface area contributed by atoms with Gasteiger partial charge in [0, 0.05) is 18.0 Å². The van der Waals surface area contributed by atoms with Gasteiger partial charge in [0.1, 0.15) is 5.75 Å². The Morgan fingerprint density at radius 3 is 2.62 bits per heavy atom. The predicted octanol–water partition coefficient (Wildman–Crippen LogP) is 1.18. The van der Waals surface area contributed by atoms with Gasteiger partial charge in [0.15, 0.2) is 5.13 Å². The third-order valence-corrected chi connectivity index (χ3v) is 4.31. The lowest BCUT2D eigenvalue weighted by Gasteiger charge is -2.13. The summed E-state index contributed by atoms with van der Waals surface area (Å²) in [6.45, 7) is 0. The number of hydrogen-bond donors (Lipinski definition) is 2. The molecular weight excluding hydrogens is 358 g/mol. The van der Waals surface area contributed by atoms with Crippen molar-refractivity contribution in [3.8, 4) is 5.75 Å². The number of carbonyl (C=O) groups is 3. The van der Waals surface area contributed by atoms with Gasteiger partial charge in [-0.1, -0.05) is 11.3 Å². The third kappa shape index (κ3) is 3.50. The Morgan fingerprint density at radius 2 is 1.92 bits per heavy atom. The van der Waals surface area contributed by atoms with E-state index in [9.17, 15) is 14.4 Å². The lowest BCUT2D eigenvalue weighted by molar-refractivity contribution is -0.141.